The first-order valence-corrected chi connectivity index (χ1v) is 11.6. The van der Waals surface area contributed by atoms with Crippen molar-refractivity contribution in [2.75, 3.05) is 16.4 Å². The molecule has 6 nitrogen and oxygen atoms in total. The van der Waals surface area contributed by atoms with Gasteiger partial charge >= 0.3 is 0 Å². The molecule has 8 heteroatoms. The van der Waals surface area contributed by atoms with Crippen molar-refractivity contribution in [2.45, 2.75) is 27.3 Å². The summed E-state index contributed by atoms with van der Waals surface area (Å²) in [6, 6.07) is 16.4. The molecule has 160 valence electrons. The van der Waals surface area contributed by atoms with Crippen LogP contribution in [-0.2, 0) is 6.54 Å². The number of amidine groups is 1. The quantitative estimate of drug-likeness (QED) is 0.276. The average Bonchev–Trinajstić information content (AvgIpc) is 3.11. The number of carbonyl (C=O) groups is 2. The maximum atomic E-state index is 12.4. The minimum absolute atomic E-state index is 0.0237. The van der Waals surface area contributed by atoms with Crippen LogP contribution in [-0.4, -0.2) is 27.6 Å². The molecule has 0 unspecified atom stereocenters. The number of aliphatic imine (C=N–C) groups is 1. The first kappa shape index (κ1) is 22.7. The molecule has 3 aromatic rings. The third-order valence-electron chi connectivity index (χ3n) is 4.32. The molecule has 1 heterocycles. The van der Waals surface area contributed by atoms with E-state index in [1.807, 2.05) is 43.3 Å². The normalized spacial score (nSPS) is 11.3. The van der Waals surface area contributed by atoms with E-state index in [1.165, 1.54) is 11.3 Å². The van der Waals surface area contributed by atoms with Gasteiger partial charge < -0.3 is 5.32 Å². The number of benzene rings is 2. The fraction of sp³-hybridized carbons (Fsp3) is 0.217. The molecule has 31 heavy (non-hydrogen) atoms. The lowest BCUT2D eigenvalue weighted by Crippen LogP contribution is -2.11. The first-order chi connectivity index (χ1) is 15.0. The number of amides is 1. The second kappa shape index (κ2) is 10.9. The van der Waals surface area contributed by atoms with Crippen LogP contribution < -0.4 is 10.6 Å². The Labute approximate surface area is 190 Å². The highest BCUT2D eigenvalue weighted by Crippen LogP contribution is 2.24. The molecule has 2 N–H and O–H groups in total. The summed E-state index contributed by atoms with van der Waals surface area (Å²) in [5, 5.41) is 7.48. The van der Waals surface area contributed by atoms with Crippen LogP contribution in [0.25, 0.3) is 0 Å². The fourth-order valence-corrected chi connectivity index (χ4v) is 4.23. The zero-order chi connectivity index (χ0) is 22.2. The van der Waals surface area contributed by atoms with Crippen LogP contribution in [0.3, 0.4) is 0 Å². The molecule has 2 aromatic carbocycles. The molecule has 0 aliphatic carbocycles. The van der Waals surface area contributed by atoms with E-state index in [0.29, 0.717) is 22.8 Å². The van der Waals surface area contributed by atoms with E-state index < -0.39 is 0 Å². The van der Waals surface area contributed by atoms with Crippen molar-refractivity contribution in [3.8, 4) is 0 Å². The second-order valence-corrected chi connectivity index (χ2v) is 9.00. The van der Waals surface area contributed by atoms with Crippen LogP contribution in [0.15, 0.2) is 59.6 Å². The number of thiazole rings is 1. The van der Waals surface area contributed by atoms with Crippen LogP contribution in [0, 0.1) is 6.92 Å². The van der Waals surface area contributed by atoms with Gasteiger partial charge in [0.1, 0.15) is 0 Å². The van der Waals surface area contributed by atoms with Gasteiger partial charge in [-0.25, -0.2) is 4.98 Å². The molecule has 0 saturated heterocycles. The van der Waals surface area contributed by atoms with Crippen LogP contribution in [0.1, 0.15) is 45.1 Å². The molecule has 0 atom stereocenters. The maximum Gasteiger partial charge on any atom is 0.257 e. The lowest BCUT2D eigenvalue weighted by molar-refractivity contribution is 0.101. The summed E-state index contributed by atoms with van der Waals surface area (Å²) in [5.74, 6) is 0.701. The highest BCUT2D eigenvalue weighted by molar-refractivity contribution is 8.14. The van der Waals surface area contributed by atoms with E-state index in [-0.39, 0.29) is 11.7 Å². The van der Waals surface area contributed by atoms with Gasteiger partial charge in [0.05, 0.1) is 17.1 Å². The Bertz CT molecular complexity index is 1090. The Morgan fingerprint density at radius 3 is 2.52 bits per heavy atom. The molecule has 0 radical (unpaired) electrons. The van der Waals surface area contributed by atoms with Crippen LogP contribution in [0.2, 0.25) is 0 Å². The molecule has 0 aliphatic rings. The van der Waals surface area contributed by atoms with E-state index in [0.717, 1.165) is 27.2 Å². The number of ketones is 1. The number of Topliss-reactive ketones (excluding diaryl/α,β-unsaturated/α-hetero) is 1. The van der Waals surface area contributed by atoms with Crippen molar-refractivity contribution >= 4 is 50.8 Å². The maximum absolute atomic E-state index is 12.4. The average molecular weight is 453 g/mol. The molecule has 0 aliphatic heterocycles. The molecule has 1 amide bonds. The molecule has 0 bridgehead atoms. The summed E-state index contributed by atoms with van der Waals surface area (Å²) in [6.07, 6.45) is 0. The van der Waals surface area contributed by atoms with Crippen molar-refractivity contribution in [3.05, 3.63) is 76.3 Å². The first-order valence-electron chi connectivity index (χ1n) is 9.84. The monoisotopic (exact) mass is 452 g/mol. The van der Waals surface area contributed by atoms with Crippen molar-refractivity contribution < 1.29 is 9.59 Å². The highest BCUT2D eigenvalue weighted by Gasteiger charge is 2.12. The molecule has 0 fully saturated rings. The predicted molar refractivity (Wildman–Crippen MR) is 131 cm³/mol. The number of thioether (sulfide) groups is 1. The lowest BCUT2D eigenvalue weighted by Gasteiger charge is -2.09. The largest absolute Gasteiger partial charge is 0.335 e. The van der Waals surface area contributed by atoms with Gasteiger partial charge in [0.15, 0.2) is 16.1 Å². The zero-order valence-electron chi connectivity index (χ0n) is 17.6. The lowest BCUT2D eigenvalue weighted by atomic mass is 10.1. The SMILES string of the molecule is CCSC(=NCc1sc(NC(=O)c2ccccc2)nc1C)Nc1cccc(C(C)=O)c1. The van der Waals surface area contributed by atoms with E-state index in [2.05, 4.69) is 22.5 Å². The minimum Gasteiger partial charge on any atom is -0.335 e. The smallest absolute Gasteiger partial charge is 0.257 e. The van der Waals surface area contributed by atoms with Crippen LogP contribution >= 0.6 is 23.1 Å². The molecular formula is C23H24N4O2S2. The molecular weight excluding hydrogens is 428 g/mol. The molecule has 3 rings (SSSR count). The predicted octanol–water partition coefficient (Wildman–Crippen LogP) is 5.63. The Kier molecular flexibility index (Phi) is 7.97. The number of carbonyl (C=O) groups excluding carboxylic acids is 2. The van der Waals surface area contributed by atoms with Gasteiger partial charge in [0.25, 0.3) is 5.91 Å². The fourth-order valence-electron chi connectivity index (χ4n) is 2.73. The minimum atomic E-state index is -0.182. The summed E-state index contributed by atoms with van der Waals surface area (Å²) < 4.78 is 0. The summed E-state index contributed by atoms with van der Waals surface area (Å²) >= 11 is 3.02. The number of nitrogens with one attached hydrogen (secondary N) is 2. The van der Waals surface area contributed by atoms with Gasteiger partial charge in [0, 0.05) is 16.8 Å². The van der Waals surface area contributed by atoms with Gasteiger partial charge in [0.2, 0.25) is 0 Å². The van der Waals surface area contributed by atoms with Gasteiger partial charge in [-0.3, -0.25) is 19.9 Å². The number of rotatable bonds is 7. The molecule has 1 aromatic heterocycles. The summed E-state index contributed by atoms with van der Waals surface area (Å²) in [6.45, 7) is 5.97. The topological polar surface area (TPSA) is 83.4 Å². The number of anilines is 2. The van der Waals surface area contributed by atoms with Crippen LogP contribution in [0.5, 0.6) is 0 Å². The van der Waals surface area contributed by atoms with Gasteiger partial charge in [-0.05, 0) is 43.9 Å². The van der Waals surface area contributed by atoms with Crippen molar-refractivity contribution in [2.24, 2.45) is 4.99 Å². The zero-order valence-corrected chi connectivity index (χ0v) is 19.3. The van der Waals surface area contributed by atoms with Crippen molar-refractivity contribution in [3.63, 3.8) is 0 Å². The van der Waals surface area contributed by atoms with Crippen molar-refractivity contribution in [1.82, 2.24) is 4.98 Å². The summed E-state index contributed by atoms with van der Waals surface area (Å²) in [7, 11) is 0. The van der Waals surface area contributed by atoms with Crippen LogP contribution in [0.4, 0.5) is 10.8 Å². The Hall–Kier alpha value is -2.97. The number of hydrogen-bond donors (Lipinski definition) is 2. The Morgan fingerprint density at radius 2 is 1.81 bits per heavy atom. The highest BCUT2D eigenvalue weighted by atomic mass is 32.2. The number of aryl methyl sites for hydroxylation is 1. The molecule has 0 spiro atoms. The van der Waals surface area contributed by atoms with E-state index in [4.69, 9.17) is 4.99 Å². The third kappa shape index (κ3) is 6.50. The number of aromatic nitrogens is 1. The number of nitrogens with zero attached hydrogens (tertiary/aromatic N) is 2. The Morgan fingerprint density at radius 1 is 1.06 bits per heavy atom. The van der Waals surface area contributed by atoms with Gasteiger partial charge in [-0.15, -0.1) is 0 Å². The van der Waals surface area contributed by atoms with E-state index >= 15 is 0 Å². The second-order valence-electron chi connectivity index (χ2n) is 6.66. The summed E-state index contributed by atoms with van der Waals surface area (Å²) in [5.41, 5.74) is 2.91. The van der Waals surface area contributed by atoms with E-state index in [9.17, 15) is 9.59 Å². The van der Waals surface area contributed by atoms with Gasteiger partial charge in [-0.2, -0.15) is 0 Å². The number of hydrogen-bond acceptors (Lipinski definition) is 6. The van der Waals surface area contributed by atoms with Crippen molar-refractivity contribution in [1.29, 1.82) is 0 Å². The van der Waals surface area contributed by atoms with Gasteiger partial charge in [-0.1, -0.05) is 60.4 Å². The molecule has 0 saturated carbocycles. The third-order valence-corrected chi connectivity index (χ3v) is 6.17. The Balaban J connectivity index is 1.70. The van der Waals surface area contributed by atoms with E-state index in [1.54, 1.807) is 36.9 Å². The summed E-state index contributed by atoms with van der Waals surface area (Å²) in [4.78, 5) is 34.1. The standard InChI is InChI=1S/C23H24N4O2S2/c1-4-30-22(26-19-12-8-11-18(13-19)16(3)28)24-14-20-15(2)25-23(31-20)27-21(29)17-9-6-5-7-10-17/h5-13H,4,14H2,1-3H3,(H,24,26)(H,25,27,29).